The average Bonchev–Trinajstić information content (AvgIpc) is 2.61. The van der Waals surface area contributed by atoms with E-state index in [1.165, 1.54) is 0 Å². The van der Waals surface area contributed by atoms with Gasteiger partial charge in [0.25, 0.3) is 0 Å². The van der Waals surface area contributed by atoms with E-state index < -0.39 is 0 Å². The Labute approximate surface area is 89.1 Å². The Hall–Kier alpha value is -0.800. The summed E-state index contributed by atoms with van der Waals surface area (Å²) < 4.78 is 1.01. The molecule has 0 aliphatic heterocycles. The van der Waals surface area contributed by atoms with E-state index in [2.05, 4.69) is 26.1 Å². The molecule has 2 nitrogen and oxygen atoms in total. The van der Waals surface area contributed by atoms with Crippen molar-refractivity contribution in [2.75, 3.05) is 0 Å². The van der Waals surface area contributed by atoms with Gasteiger partial charge in [-0.25, -0.2) is 0 Å². The number of benzene rings is 1. The Morgan fingerprint density at radius 3 is 2.92 bits per heavy atom. The topological polar surface area (TPSA) is 28.7 Å². The Bertz CT molecular complexity index is 412. The molecule has 0 amide bonds. The summed E-state index contributed by atoms with van der Waals surface area (Å²) in [4.78, 5) is 0. The second-order valence-electron chi connectivity index (χ2n) is 2.61. The number of nitrogens with one attached hydrogen (secondary N) is 1. The molecule has 0 bridgehead atoms. The van der Waals surface area contributed by atoms with E-state index in [9.17, 15) is 0 Å². The first-order chi connectivity index (χ1) is 6.27. The Balaban J connectivity index is 2.57. The monoisotopic (exact) mass is 256 g/mol. The van der Waals surface area contributed by atoms with Crippen LogP contribution in [0.5, 0.6) is 0 Å². The highest BCUT2D eigenvalue weighted by molar-refractivity contribution is 9.10. The third-order valence-corrected chi connectivity index (χ3v) is 2.56. The van der Waals surface area contributed by atoms with Gasteiger partial charge in [0.2, 0.25) is 0 Å². The maximum absolute atomic E-state index is 6.03. The SMILES string of the molecule is Clc1ccc(Br)cc1-c1cn[nH]c1. The van der Waals surface area contributed by atoms with Crippen LogP contribution in [0, 0.1) is 0 Å². The van der Waals surface area contributed by atoms with Crippen molar-refractivity contribution in [2.24, 2.45) is 0 Å². The maximum atomic E-state index is 6.03. The predicted octanol–water partition coefficient (Wildman–Crippen LogP) is 3.49. The Morgan fingerprint density at radius 2 is 2.23 bits per heavy atom. The maximum Gasteiger partial charge on any atom is 0.0566 e. The number of hydrogen-bond donors (Lipinski definition) is 1. The first-order valence-corrected chi connectivity index (χ1v) is 4.88. The quantitative estimate of drug-likeness (QED) is 0.832. The van der Waals surface area contributed by atoms with Crippen LogP contribution in [0.3, 0.4) is 0 Å². The molecule has 0 unspecified atom stereocenters. The smallest absolute Gasteiger partial charge is 0.0566 e. The van der Waals surface area contributed by atoms with Crippen LogP contribution in [-0.4, -0.2) is 10.2 Å². The molecule has 0 radical (unpaired) electrons. The lowest BCUT2D eigenvalue weighted by molar-refractivity contribution is 1.09. The summed E-state index contributed by atoms with van der Waals surface area (Å²) in [5.74, 6) is 0. The molecule has 2 aromatic rings. The van der Waals surface area contributed by atoms with E-state index in [0.717, 1.165) is 20.6 Å². The van der Waals surface area contributed by atoms with E-state index >= 15 is 0 Å². The zero-order valence-electron chi connectivity index (χ0n) is 6.59. The van der Waals surface area contributed by atoms with Crippen LogP contribution in [0.2, 0.25) is 5.02 Å². The van der Waals surface area contributed by atoms with Crippen molar-refractivity contribution in [3.8, 4) is 11.1 Å². The summed E-state index contributed by atoms with van der Waals surface area (Å²) in [6, 6.07) is 5.73. The summed E-state index contributed by atoms with van der Waals surface area (Å²) in [7, 11) is 0. The van der Waals surface area contributed by atoms with Crippen molar-refractivity contribution >= 4 is 27.5 Å². The second kappa shape index (κ2) is 3.52. The molecular weight excluding hydrogens is 251 g/mol. The molecule has 1 aromatic carbocycles. The zero-order valence-corrected chi connectivity index (χ0v) is 8.93. The second-order valence-corrected chi connectivity index (χ2v) is 3.93. The molecular formula is C9H6BrClN2. The molecule has 4 heteroatoms. The van der Waals surface area contributed by atoms with Crippen molar-refractivity contribution in [1.82, 2.24) is 10.2 Å². The summed E-state index contributed by atoms with van der Waals surface area (Å²) >= 11 is 9.42. The van der Waals surface area contributed by atoms with Crippen molar-refractivity contribution in [1.29, 1.82) is 0 Å². The predicted molar refractivity (Wildman–Crippen MR) is 56.7 cm³/mol. The highest BCUT2D eigenvalue weighted by Crippen LogP contribution is 2.29. The van der Waals surface area contributed by atoms with Gasteiger partial charge >= 0.3 is 0 Å². The molecule has 0 fully saturated rings. The molecule has 1 aromatic heterocycles. The lowest BCUT2D eigenvalue weighted by Crippen LogP contribution is -1.76. The van der Waals surface area contributed by atoms with Crippen LogP contribution in [0.25, 0.3) is 11.1 Å². The number of H-pyrrole nitrogens is 1. The van der Waals surface area contributed by atoms with Gasteiger partial charge in [-0.15, -0.1) is 0 Å². The molecule has 0 aliphatic rings. The number of aromatic amines is 1. The van der Waals surface area contributed by atoms with E-state index in [4.69, 9.17) is 11.6 Å². The Kier molecular flexibility index (Phi) is 2.38. The normalized spacial score (nSPS) is 10.3. The van der Waals surface area contributed by atoms with E-state index in [-0.39, 0.29) is 0 Å². The number of nitrogens with zero attached hydrogens (tertiary/aromatic N) is 1. The largest absolute Gasteiger partial charge is 0.285 e. The molecule has 0 saturated carbocycles. The van der Waals surface area contributed by atoms with Crippen LogP contribution in [-0.2, 0) is 0 Å². The number of hydrogen-bond acceptors (Lipinski definition) is 1. The third-order valence-electron chi connectivity index (χ3n) is 1.74. The van der Waals surface area contributed by atoms with Gasteiger partial charge < -0.3 is 0 Å². The zero-order chi connectivity index (χ0) is 9.26. The number of rotatable bonds is 1. The fourth-order valence-electron chi connectivity index (χ4n) is 1.12. The minimum atomic E-state index is 0.726. The minimum absolute atomic E-state index is 0.726. The molecule has 0 aliphatic carbocycles. The molecule has 0 atom stereocenters. The van der Waals surface area contributed by atoms with Crippen molar-refractivity contribution in [3.63, 3.8) is 0 Å². The average molecular weight is 258 g/mol. The van der Waals surface area contributed by atoms with Crippen LogP contribution in [0.1, 0.15) is 0 Å². The fourth-order valence-corrected chi connectivity index (χ4v) is 1.70. The first-order valence-electron chi connectivity index (χ1n) is 3.71. The van der Waals surface area contributed by atoms with Crippen LogP contribution >= 0.6 is 27.5 Å². The van der Waals surface area contributed by atoms with Gasteiger partial charge in [-0.2, -0.15) is 5.10 Å². The molecule has 13 heavy (non-hydrogen) atoms. The van der Waals surface area contributed by atoms with E-state index in [0.29, 0.717) is 0 Å². The molecule has 0 saturated heterocycles. The highest BCUT2D eigenvalue weighted by Gasteiger charge is 2.04. The standard InChI is InChI=1S/C9H6BrClN2/c10-7-1-2-9(11)8(3-7)6-4-12-13-5-6/h1-5H,(H,12,13). The van der Waals surface area contributed by atoms with Crippen molar-refractivity contribution in [2.45, 2.75) is 0 Å². The fraction of sp³-hybridized carbons (Fsp3) is 0. The van der Waals surface area contributed by atoms with Gasteiger partial charge in [0.1, 0.15) is 0 Å². The summed E-state index contributed by atoms with van der Waals surface area (Å²) in [6.45, 7) is 0. The molecule has 1 heterocycles. The van der Waals surface area contributed by atoms with Gasteiger partial charge in [-0.1, -0.05) is 27.5 Å². The van der Waals surface area contributed by atoms with Crippen LogP contribution < -0.4 is 0 Å². The van der Waals surface area contributed by atoms with Crippen molar-refractivity contribution < 1.29 is 0 Å². The van der Waals surface area contributed by atoms with Crippen LogP contribution in [0.4, 0.5) is 0 Å². The van der Waals surface area contributed by atoms with Gasteiger partial charge in [-0.05, 0) is 18.2 Å². The van der Waals surface area contributed by atoms with E-state index in [1.54, 1.807) is 6.20 Å². The summed E-state index contributed by atoms with van der Waals surface area (Å²) in [6.07, 6.45) is 3.56. The van der Waals surface area contributed by atoms with Gasteiger partial charge in [0.05, 0.1) is 6.20 Å². The number of aromatic nitrogens is 2. The molecule has 1 N–H and O–H groups in total. The van der Waals surface area contributed by atoms with Gasteiger partial charge in [0, 0.05) is 26.8 Å². The molecule has 66 valence electrons. The summed E-state index contributed by atoms with van der Waals surface area (Å²) in [5.41, 5.74) is 1.97. The lowest BCUT2D eigenvalue weighted by atomic mass is 10.1. The van der Waals surface area contributed by atoms with Gasteiger partial charge in [-0.3, -0.25) is 5.10 Å². The number of halogens is 2. The van der Waals surface area contributed by atoms with Crippen LogP contribution in [0.15, 0.2) is 35.1 Å². The molecule has 2 rings (SSSR count). The van der Waals surface area contributed by atoms with Gasteiger partial charge in [0.15, 0.2) is 0 Å². The third kappa shape index (κ3) is 1.76. The molecule has 0 spiro atoms. The first kappa shape index (κ1) is 8.78. The van der Waals surface area contributed by atoms with Crippen molar-refractivity contribution in [3.05, 3.63) is 40.1 Å². The highest BCUT2D eigenvalue weighted by atomic mass is 79.9. The Morgan fingerprint density at radius 1 is 1.38 bits per heavy atom. The summed E-state index contributed by atoms with van der Waals surface area (Å²) in [5, 5.41) is 7.35. The van der Waals surface area contributed by atoms with E-state index in [1.807, 2.05) is 24.4 Å². The lowest BCUT2D eigenvalue weighted by Gasteiger charge is -2.00. The minimum Gasteiger partial charge on any atom is -0.285 e.